The van der Waals surface area contributed by atoms with Crippen LogP contribution in [0.1, 0.15) is 6.42 Å². The Balaban J connectivity index is 1.79. The number of amidine groups is 1. The summed E-state index contributed by atoms with van der Waals surface area (Å²) in [6.45, 7) is 0.834. The quantitative estimate of drug-likeness (QED) is 0.805. The van der Waals surface area contributed by atoms with E-state index in [1.54, 1.807) is 0 Å². The van der Waals surface area contributed by atoms with E-state index < -0.39 is 0 Å². The van der Waals surface area contributed by atoms with Crippen molar-refractivity contribution in [2.24, 2.45) is 10.8 Å². The number of rotatable bonds is 4. The summed E-state index contributed by atoms with van der Waals surface area (Å²) >= 11 is 0. The normalized spacial score (nSPS) is 15.1. The molecule has 0 fully saturated rings. The fourth-order valence-corrected chi connectivity index (χ4v) is 1.43. The van der Waals surface area contributed by atoms with Crippen LogP contribution in [0.5, 0.6) is 5.75 Å². The van der Waals surface area contributed by atoms with Crippen molar-refractivity contribution < 1.29 is 9.53 Å². The third-order valence-corrected chi connectivity index (χ3v) is 2.18. The smallest absolute Gasteiger partial charge is 0.250 e. The highest BCUT2D eigenvalue weighted by Gasteiger charge is 2.21. The molecule has 0 aromatic heterocycles. The van der Waals surface area contributed by atoms with Crippen LogP contribution in [0.4, 0.5) is 0 Å². The van der Waals surface area contributed by atoms with E-state index in [0.29, 0.717) is 19.0 Å². The lowest BCUT2D eigenvalue weighted by molar-refractivity contribution is -0.129. The monoisotopic (exact) mass is 219 g/mol. The van der Waals surface area contributed by atoms with E-state index in [-0.39, 0.29) is 12.3 Å². The second-order valence-corrected chi connectivity index (χ2v) is 3.45. The standard InChI is InChI=1S/C11H13N3O2/c12-10-8-11(15)14(13-10)6-7-16-9-4-2-1-3-5-9/h1-5H,6-8H2,(H2,12,13). The molecule has 0 bridgehead atoms. The Morgan fingerprint density at radius 2 is 2.12 bits per heavy atom. The Bertz CT molecular complexity index is 403. The summed E-state index contributed by atoms with van der Waals surface area (Å²) in [7, 11) is 0. The van der Waals surface area contributed by atoms with Crippen molar-refractivity contribution in [2.45, 2.75) is 6.42 Å². The second kappa shape index (κ2) is 4.65. The zero-order valence-electron chi connectivity index (χ0n) is 8.80. The van der Waals surface area contributed by atoms with Crippen LogP contribution in [0.25, 0.3) is 0 Å². The average Bonchev–Trinajstić information content (AvgIpc) is 2.59. The number of para-hydroxylation sites is 1. The Morgan fingerprint density at radius 1 is 1.38 bits per heavy atom. The number of nitrogens with zero attached hydrogens (tertiary/aromatic N) is 2. The summed E-state index contributed by atoms with van der Waals surface area (Å²) < 4.78 is 5.45. The third kappa shape index (κ3) is 2.50. The van der Waals surface area contributed by atoms with Crippen LogP contribution >= 0.6 is 0 Å². The van der Waals surface area contributed by atoms with Crippen LogP contribution in [0.2, 0.25) is 0 Å². The lowest BCUT2D eigenvalue weighted by Gasteiger charge is -2.12. The number of ether oxygens (including phenoxy) is 1. The van der Waals surface area contributed by atoms with Crippen LogP contribution < -0.4 is 10.5 Å². The summed E-state index contributed by atoms with van der Waals surface area (Å²) in [5.74, 6) is 1.07. The highest BCUT2D eigenvalue weighted by Crippen LogP contribution is 2.09. The molecular weight excluding hydrogens is 206 g/mol. The van der Waals surface area contributed by atoms with Gasteiger partial charge >= 0.3 is 0 Å². The number of carbonyl (C=O) groups excluding carboxylic acids is 1. The SMILES string of the molecule is NC1=NN(CCOc2ccccc2)C(=O)C1. The summed E-state index contributed by atoms with van der Waals surface area (Å²) in [5.41, 5.74) is 5.45. The first kappa shape index (κ1) is 10.5. The van der Waals surface area contributed by atoms with E-state index in [2.05, 4.69) is 5.10 Å². The maximum atomic E-state index is 11.3. The van der Waals surface area contributed by atoms with Crippen LogP contribution in [0.15, 0.2) is 35.4 Å². The molecule has 1 aromatic carbocycles. The molecule has 0 aliphatic carbocycles. The molecule has 0 radical (unpaired) electrons. The Kier molecular flexibility index (Phi) is 3.05. The molecule has 84 valence electrons. The first-order valence-corrected chi connectivity index (χ1v) is 5.07. The van der Waals surface area contributed by atoms with E-state index in [9.17, 15) is 4.79 Å². The molecule has 1 aliphatic heterocycles. The zero-order valence-corrected chi connectivity index (χ0v) is 8.80. The van der Waals surface area contributed by atoms with Crippen molar-refractivity contribution in [2.75, 3.05) is 13.2 Å². The van der Waals surface area contributed by atoms with Gasteiger partial charge in [-0.05, 0) is 12.1 Å². The minimum Gasteiger partial charge on any atom is -0.492 e. The van der Waals surface area contributed by atoms with E-state index >= 15 is 0 Å². The topological polar surface area (TPSA) is 67.9 Å². The molecular formula is C11H13N3O2. The number of carbonyl (C=O) groups is 1. The number of hydrogen-bond donors (Lipinski definition) is 1. The first-order chi connectivity index (χ1) is 7.75. The maximum Gasteiger partial charge on any atom is 0.250 e. The summed E-state index contributed by atoms with van der Waals surface area (Å²) in [5, 5.41) is 5.24. The summed E-state index contributed by atoms with van der Waals surface area (Å²) in [6.07, 6.45) is 0.214. The van der Waals surface area contributed by atoms with Gasteiger partial charge in [0, 0.05) is 0 Å². The minimum atomic E-state index is -0.0749. The van der Waals surface area contributed by atoms with Crippen LogP contribution in [-0.2, 0) is 4.79 Å². The Hall–Kier alpha value is -2.04. The molecule has 1 aliphatic rings. The van der Waals surface area contributed by atoms with E-state index in [1.807, 2.05) is 30.3 Å². The molecule has 0 saturated carbocycles. The number of amides is 1. The molecule has 1 amide bonds. The van der Waals surface area contributed by atoms with Gasteiger partial charge in [0.25, 0.3) is 0 Å². The van der Waals surface area contributed by atoms with Gasteiger partial charge in [-0.1, -0.05) is 18.2 Å². The molecule has 0 spiro atoms. The number of hydrazone groups is 1. The van der Waals surface area contributed by atoms with Crippen molar-refractivity contribution >= 4 is 11.7 Å². The Labute approximate surface area is 93.5 Å². The fourth-order valence-electron chi connectivity index (χ4n) is 1.43. The largest absolute Gasteiger partial charge is 0.492 e. The van der Waals surface area contributed by atoms with Crippen LogP contribution in [0.3, 0.4) is 0 Å². The molecule has 5 nitrogen and oxygen atoms in total. The highest BCUT2D eigenvalue weighted by atomic mass is 16.5. The predicted octanol–water partition coefficient (Wildman–Crippen LogP) is 0.570. The van der Waals surface area contributed by atoms with Gasteiger partial charge in [0.05, 0.1) is 13.0 Å². The number of benzene rings is 1. The molecule has 5 heteroatoms. The summed E-state index contributed by atoms with van der Waals surface area (Å²) in [6, 6.07) is 9.44. The van der Waals surface area contributed by atoms with Crippen LogP contribution in [-0.4, -0.2) is 29.9 Å². The molecule has 2 rings (SSSR count). The number of hydrogen-bond acceptors (Lipinski definition) is 4. The average molecular weight is 219 g/mol. The van der Waals surface area contributed by atoms with E-state index in [0.717, 1.165) is 5.75 Å². The Morgan fingerprint density at radius 3 is 2.75 bits per heavy atom. The minimum absolute atomic E-state index is 0.0749. The molecule has 1 heterocycles. The molecule has 1 aromatic rings. The van der Waals surface area contributed by atoms with Crippen LogP contribution in [0, 0.1) is 0 Å². The van der Waals surface area contributed by atoms with Gasteiger partial charge in [-0.2, -0.15) is 5.10 Å². The fraction of sp³-hybridized carbons (Fsp3) is 0.273. The third-order valence-electron chi connectivity index (χ3n) is 2.18. The summed E-state index contributed by atoms with van der Waals surface area (Å²) in [4.78, 5) is 11.3. The second-order valence-electron chi connectivity index (χ2n) is 3.45. The van der Waals surface area contributed by atoms with Gasteiger partial charge in [-0.3, -0.25) is 4.79 Å². The van der Waals surface area contributed by atoms with Gasteiger partial charge in [0.2, 0.25) is 5.91 Å². The maximum absolute atomic E-state index is 11.3. The lowest BCUT2D eigenvalue weighted by Crippen LogP contribution is -2.26. The van der Waals surface area contributed by atoms with Crippen molar-refractivity contribution in [3.05, 3.63) is 30.3 Å². The molecule has 0 atom stereocenters. The van der Waals surface area contributed by atoms with E-state index in [4.69, 9.17) is 10.5 Å². The first-order valence-electron chi connectivity index (χ1n) is 5.07. The van der Waals surface area contributed by atoms with E-state index in [1.165, 1.54) is 5.01 Å². The van der Waals surface area contributed by atoms with Gasteiger partial charge in [-0.15, -0.1) is 0 Å². The van der Waals surface area contributed by atoms with Crippen molar-refractivity contribution in [3.63, 3.8) is 0 Å². The van der Waals surface area contributed by atoms with Gasteiger partial charge in [0.1, 0.15) is 18.2 Å². The van der Waals surface area contributed by atoms with Crippen molar-refractivity contribution in [1.82, 2.24) is 5.01 Å². The number of nitrogens with two attached hydrogens (primary N) is 1. The lowest BCUT2D eigenvalue weighted by atomic mass is 10.3. The van der Waals surface area contributed by atoms with Crippen molar-refractivity contribution in [1.29, 1.82) is 0 Å². The molecule has 16 heavy (non-hydrogen) atoms. The highest BCUT2D eigenvalue weighted by molar-refractivity contribution is 6.02. The molecule has 0 unspecified atom stereocenters. The molecule has 2 N–H and O–H groups in total. The zero-order chi connectivity index (χ0) is 11.4. The predicted molar refractivity (Wildman–Crippen MR) is 59.9 cm³/mol. The van der Waals surface area contributed by atoms with Gasteiger partial charge in [0.15, 0.2) is 0 Å². The van der Waals surface area contributed by atoms with Crippen molar-refractivity contribution in [3.8, 4) is 5.75 Å². The van der Waals surface area contributed by atoms with Gasteiger partial charge in [-0.25, -0.2) is 5.01 Å². The molecule has 0 saturated heterocycles. The van der Waals surface area contributed by atoms with Gasteiger partial charge < -0.3 is 10.5 Å².